The number of hydrogen-bond acceptors (Lipinski definition) is 3. The van der Waals surface area contributed by atoms with E-state index < -0.39 is 0 Å². The van der Waals surface area contributed by atoms with Gasteiger partial charge in [-0.25, -0.2) is 4.39 Å². The van der Waals surface area contributed by atoms with E-state index in [1.54, 1.807) is 0 Å². The fourth-order valence-electron chi connectivity index (χ4n) is 5.06. The van der Waals surface area contributed by atoms with Gasteiger partial charge in [0, 0.05) is 22.9 Å². The molecular weight excluding hydrogens is 413 g/mol. The van der Waals surface area contributed by atoms with Crippen molar-refractivity contribution in [2.45, 2.75) is 25.8 Å². The van der Waals surface area contributed by atoms with Gasteiger partial charge in [-0.05, 0) is 85.9 Å². The first kappa shape index (κ1) is 20.1. The summed E-state index contributed by atoms with van der Waals surface area (Å²) in [5.74, 6) is -0.232. The van der Waals surface area contributed by atoms with Gasteiger partial charge in [-0.3, -0.25) is 9.78 Å². The van der Waals surface area contributed by atoms with Gasteiger partial charge in [0.15, 0.2) is 0 Å². The Bertz CT molecular complexity index is 1410. The molecule has 0 bridgehead atoms. The molecular formula is C27H26FN5. The molecule has 0 saturated carbocycles. The minimum absolute atomic E-state index is 0.232. The molecule has 1 aliphatic rings. The number of hydrogen-bond donors (Lipinski definition) is 1. The zero-order valence-electron chi connectivity index (χ0n) is 18.5. The van der Waals surface area contributed by atoms with E-state index in [2.05, 4.69) is 50.1 Å². The summed E-state index contributed by atoms with van der Waals surface area (Å²) in [4.78, 5) is 2.54. The maximum atomic E-state index is 13.7. The maximum Gasteiger partial charge on any atom is 0.123 e. The van der Waals surface area contributed by atoms with Gasteiger partial charge in [0.25, 0.3) is 0 Å². The summed E-state index contributed by atoms with van der Waals surface area (Å²) in [7, 11) is 0. The van der Waals surface area contributed by atoms with E-state index in [0.717, 1.165) is 63.6 Å². The van der Waals surface area contributed by atoms with Crippen LogP contribution in [0.4, 0.5) is 4.39 Å². The molecule has 5 nitrogen and oxygen atoms in total. The highest BCUT2D eigenvalue weighted by Gasteiger charge is 2.16. The molecule has 0 aliphatic carbocycles. The van der Waals surface area contributed by atoms with E-state index >= 15 is 0 Å². The van der Waals surface area contributed by atoms with Crippen LogP contribution < -0.4 is 0 Å². The van der Waals surface area contributed by atoms with Crippen molar-refractivity contribution in [1.82, 2.24) is 24.9 Å². The fourth-order valence-corrected chi connectivity index (χ4v) is 5.06. The minimum atomic E-state index is -0.232. The Morgan fingerprint density at radius 2 is 1.70 bits per heavy atom. The zero-order valence-corrected chi connectivity index (χ0v) is 18.5. The largest absolute Gasteiger partial charge is 0.303 e. The first-order chi connectivity index (χ1) is 16.3. The molecule has 6 rings (SSSR count). The lowest BCUT2D eigenvalue weighted by molar-refractivity contribution is 0.323. The number of H-pyrrole nitrogens is 1. The van der Waals surface area contributed by atoms with E-state index in [-0.39, 0.29) is 5.82 Å². The SMILES string of the molecule is Fc1ccc(-c2c(-c3ccc4[nH]ncc4c3)ccc3c2cnn3CCCN2CCCC2)cc1. The molecule has 0 radical (unpaired) electrons. The van der Waals surface area contributed by atoms with Crippen LogP contribution >= 0.6 is 0 Å². The Hall–Kier alpha value is -3.51. The van der Waals surface area contributed by atoms with Crippen LogP contribution in [0.3, 0.4) is 0 Å². The molecule has 3 aromatic carbocycles. The highest BCUT2D eigenvalue weighted by atomic mass is 19.1. The Balaban J connectivity index is 1.43. The second-order valence-electron chi connectivity index (χ2n) is 8.87. The van der Waals surface area contributed by atoms with Gasteiger partial charge in [-0.2, -0.15) is 10.2 Å². The van der Waals surface area contributed by atoms with Gasteiger partial charge in [0.2, 0.25) is 0 Å². The predicted octanol–water partition coefficient (Wildman–Crippen LogP) is 5.87. The normalized spacial score (nSPS) is 14.6. The van der Waals surface area contributed by atoms with Crippen LogP contribution in [0.1, 0.15) is 19.3 Å². The summed E-state index contributed by atoms with van der Waals surface area (Å²) in [6.45, 7) is 4.45. The molecule has 33 heavy (non-hydrogen) atoms. The van der Waals surface area contributed by atoms with Gasteiger partial charge < -0.3 is 4.90 Å². The summed E-state index contributed by atoms with van der Waals surface area (Å²) in [5, 5.41) is 14.1. The van der Waals surface area contributed by atoms with Crippen molar-refractivity contribution in [2.24, 2.45) is 0 Å². The van der Waals surface area contributed by atoms with Crippen LogP contribution in [0.2, 0.25) is 0 Å². The van der Waals surface area contributed by atoms with Gasteiger partial charge in [-0.1, -0.05) is 24.3 Å². The Morgan fingerprint density at radius 3 is 2.55 bits per heavy atom. The highest BCUT2D eigenvalue weighted by Crippen LogP contribution is 2.39. The number of halogens is 1. The van der Waals surface area contributed by atoms with E-state index in [0.29, 0.717) is 0 Å². The molecule has 166 valence electrons. The van der Waals surface area contributed by atoms with Gasteiger partial charge in [-0.15, -0.1) is 0 Å². The van der Waals surface area contributed by atoms with Crippen molar-refractivity contribution >= 4 is 21.8 Å². The molecule has 6 heteroatoms. The number of benzene rings is 3. The molecule has 1 fully saturated rings. The number of aromatic amines is 1. The number of fused-ring (bicyclic) bond motifs is 2. The molecule has 1 aliphatic heterocycles. The predicted molar refractivity (Wildman–Crippen MR) is 131 cm³/mol. The number of likely N-dealkylation sites (tertiary alicyclic amines) is 1. The maximum absolute atomic E-state index is 13.7. The monoisotopic (exact) mass is 439 g/mol. The van der Waals surface area contributed by atoms with Crippen LogP contribution in [-0.2, 0) is 6.54 Å². The average molecular weight is 440 g/mol. The Labute approximate surface area is 191 Å². The summed E-state index contributed by atoms with van der Waals surface area (Å²) < 4.78 is 15.8. The van der Waals surface area contributed by atoms with Crippen LogP contribution in [0, 0.1) is 5.82 Å². The number of rotatable bonds is 6. The second kappa shape index (κ2) is 8.45. The molecule has 1 N–H and O–H groups in total. The van der Waals surface area contributed by atoms with Crippen LogP contribution in [-0.4, -0.2) is 44.5 Å². The number of aromatic nitrogens is 4. The van der Waals surface area contributed by atoms with Crippen molar-refractivity contribution in [3.63, 3.8) is 0 Å². The van der Waals surface area contributed by atoms with Gasteiger partial charge in [0.05, 0.1) is 23.4 Å². The lowest BCUT2D eigenvalue weighted by atomic mass is 9.91. The number of nitrogens with zero attached hydrogens (tertiary/aromatic N) is 4. The standard InChI is InChI=1S/C27H26FN5/c28-22-7-4-19(5-8-22)27-23(20-6-10-25-21(16-20)17-29-31-25)9-11-26-24(27)18-30-33(26)15-3-14-32-12-1-2-13-32/h4-11,16-18H,1-3,12-15H2,(H,29,31). The number of aryl methyl sites for hydroxylation is 1. The highest BCUT2D eigenvalue weighted by molar-refractivity contribution is 6.03. The Kier molecular flexibility index (Phi) is 5.15. The first-order valence-corrected chi connectivity index (χ1v) is 11.7. The van der Waals surface area contributed by atoms with Crippen molar-refractivity contribution < 1.29 is 4.39 Å². The topological polar surface area (TPSA) is 49.7 Å². The first-order valence-electron chi connectivity index (χ1n) is 11.7. The van der Waals surface area contributed by atoms with Crippen molar-refractivity contribution in [3.05, 3.63) is 72.8 Å². The summed E-state index contributed by atoms with van der Waals surface area (Å²) in [5.41, 5.74) is 6.40. The third kappa shape index (κ3) is 3.80. The number of nitrogens with one attached hydrogen (secondary N) is 1. The zero-order chi connectivity index (χ0) is 22.2. The van der Waals surface area contributed by atoms with Crippen molar-refractivity contribution in [3.8, 4) is 22.3 Å². The summed E-state index contributed by atoms with van der Waals surface area (Å²) >= 11 is 0. The lowest BCUT2D eigenvalue weighted by Crippen LogP contribution is -2.21. The molecule has 3 heterocycles. The molecule has 0 atom stereocenters. The molecule has 0 amide bonds. The summed E-state index contributed by atoms with van der Waals surface area (Å²) in [6.07, 6.45) is 7.52. The van der Waals surface area contributed by atoms with Crippen LogP contribution in [0.5, 0.6) is 0 Å². The van der Waals surface area contributed by atoms with E-state index in [1.165, 1.54) is 38.1 Å². The smallest absolute Gasteiger partial charge is 0.123 e. The third-order valence-corrected chi connectivity index (χ3v) is 6.75. The quantitative estimate of drug-likeness (QED) is 0.360. The third-order valence-electron chi connectivity index (χ3n) is 6.75. The van der Waals surface area contributed by atoms with E-state index in [4.69, 9.17) is 5.10 Å². The molecule has 0 spiro atoms. The second-order valence-corrected chi connectivity index (χ2v) is 8.87. The van der Waals surface area contributed by atoms with Gasteiger partial charge in [0.1, 0.15) is 5.82 Å². The lowest BCUT2D eigenvalue weighted by Gasteiger charge is -2.15. The average Bonchev–Trinajstić information content (AvgIpc) is 3.60. The van der Waals surface area contributed by atoms with Crippen LogP contribution in [0.25, 0.3) is 44.1 Å². The van der Waals surface area contributed by atoms with Crippen molar-refractivity contribution in [2.75, 3.05) is 19.6 Å². The van der Waals surface area contributed by atoms with Crippen LogP contribution in [0.15, 0.2) is 67.0 Å². The minimum Gasteiger partial charge on any atom is -0.303 e. The van der Waals surface area contributed by atoms with E-state index in [9.17, 15) is 4.39 Å². The molecule has 0 unspecified atom stereocenters. The Morgan fingerprint density at radius 1 is 0.879 bits per heavy atom. The van der Waals surface area contributed by atoms with E-state index in [1.807, 2.05) is 24.5 Å². The van der Waals surface area contributed by atoms with Gasteiger partial charge >= 0.3 is 0 Å². The molecule has 2 aromatic heterocycles. The van der Waals surface area contributed by atoms with Crippen molar-refractivity contribution in [1.29, 1.82) is 0 Å². The fraction of sp³-hybridized carbons (Fsp3) is 0.259. The molecule has 1 saturated heterocycles. The summed E-state index contributed by atoms with van der Waals surface area (Å²) in [6, 6.07) is 17.4. The molecule has 5 aromatic rings.